The van der Waals surface area contributed by atoms with E-state index in [0.717, 1.165) is 41.2 Å². The summed E-state index contributed by atoms with van der Waals surface area (Å²) < 4.78 is 0. The van der Waals surface area contributed by atoms with Gasteiger partial charge in [-0.3, -0.25) is 4.79 Å². The number of carbonyl (C=O) groups excluding carboxylic acids is 1. The van der Waals surface area contributed by atoms with Crippen molar-refractivity contribution in [3.63, 3.8) is 0 Å². The van der Waals surface area contributed by atoms with Gasteiger partial charge in [-0.1, -0.05) is 11.6 Å². The maximum absolute atomic E-state index is 11.7. The zero-order chi connectivity index (χ0) is 10.4. The highest BCUT2D eigenvalue weighted by Crippen LogP contribution is 2.36. The third-order valence-corrected chi connectivity index (χ3v) is 3.43. The van der Waals surface area contributed by atoms with Crippen LogP contribution in [0.25, 0.3) is 0 Å². The number of nitrogens with one attached hydrogen (secondary N) is 1. The average Bonchev–Trinajstić information content (AvgIpc) is 2.26. The number of rotatable bonds is 0. The number of benzene rings is 1. The highest BCUT2D eigenvalue weighted by atomic mass is 35.5. The molecule has 4 heteroatoms. The summed E-state index contributed by atoms with van der Waals surface area (Å²) in [4.78, 5) is 13.8. The molecule has 0 spiro atoms. The van der Waals surface area contributed by atoms with Crippen molar-refractivity contribution in [1.82, 2.24) is 5.32 Å². The zero-order valence-electron chi connectivity index (χ0n) is 8.22. The molecular formula is C11H11ClN2O. The monoisotopic (exact) mass is 222 g/mol. The van der Waals surface area contributed by atoms with Crippen LogP contribution in [0.4, 0.5) is 5.69 Å². The van der Waals surface area contributed by atoms with Gasteiger partial charge in [0, 0.05) is 11.6 Å². The predicted octanol–water partition coefficient (Wildman–Crippen LogP) is 1.79. The van der Waals surface area contributed by atoms with Crippen LogP contribution in [-0.2, 0) is 6.42 Å². The van der Waals surface area contributed by atoms with Crippen LogP contribution in [0, 0.1) is 0 Å². The van der Waals surface area contributed by atoms with Gasteiger partial charge in [0.15, 0.2) is 0 Å². The molecular weight excluding hydrogens is 212 g/mol. The second kappa shape index (κ2) is 3.14. The number of anilines is 1. The lowest BCUT2D eigenvalue weighted by Gasteiger charge is -2.36. The van der Waals surface area contributed by atoms with Gasteiger partial charge < -0.3 is 10.2 Å². The van der Waals surface area contributed by atoms with Crippen molar-refractivity contribution in [3.05, 3.63) is 28.3 Å². The Labute approximate surface area is 93.0 Å². The molecule has 1 N–H and O–H groups in total. The van der Waals surface area contributed by atoms with Crippen molar-refractivity contribution in [2.24, 2.45) is 0 Å². The summed E-state index contributed by atoms with van der Waals surface area (Å²) in [6, 6.07) is 3.64. The molecule has 0 saturated heterocycles. The standard InChI is InChI=1S/C11H11ClN2O/c12-9-4-3-8-10-7(9)2-1-5-14(10)6-13-11(8)15/h3-4H,1-2,5-6H2,(H,13,15). The minimum absolute atomic E-state index is 0.0149. The predicted molar refractivity (Wildman–Crippen MR) is 59.5 cm³/mol. The molecule has 0 aliphatic carbocycles. The van der Waals surface area contributed by atoms with Gasteiger partial charge >= 0.3 is 0 Å². The molecule has 3 nitrogen and oxygen atoms in total. The SMILES string of the molecule is O=C1NCN2CCCc3c(Cl)ccc1c32. The maximum Gasteiger partial charge on any atom is 0.254 e. The Hall–Kier alpha value is -1.22. The molecule has 0 saturated carbocycles. The first-order chi connectivity index (χ1) is 7.27. The van der Waals surface area contributed by atoms with Crippen LogP contribution < -0.4 is 10.2 Å². The molecule has 0 bridgehead atoms. The summed E-state index contributed by atoms with van der Waals surface area (Å²) in [7, 11) is 0. The largest absolute Gasteiger partial charge is 0.353 e. The van der Waals surface area contributed by atoms with Crippen molar-refractivity contribution in [1.29, 1.82) is 0 Å². The molecule has 0 atom stereocenters. The minimum atomic E-state index is 0.0149. The number of amides is 1. The van der Waals surface area contributed by atoms with E-state index in [4.69, 9.17) is 11.6 Å². The lowest BCUT2D eigenvalue weighted by atomic mass is 9.96. The summed E-state index contributed by atoms with van der Waals surface area (Å²) in [5, 5.41) is 3.65. The molecule has 1 amide bonds. The first-order valence-electron chi connectivity index (χ1n) is 5.12. The third kappa shape index (κ3) is 1.23. The van der Waals surface area contributed by atoms with E-state index in [9.17, 15) is 4.79 Å². The van der Waals surface area contributed by atoms with Crippen LogP contribution in [0.3, 0.4) is 0 Å². The number of nitrogens with zero attached hydrogens (tertiary/aromatic N) is 1. The van der Waals surface area contributed by atoms with Crippen molar-refractivity contribution in [3.8, 4) is 0 Å². The van der Waals surface area contributed by atoms with Crippen LogP contribution in [-0.4, -0.2) is 19.1 Å². The highest BCUT2D eigenvalue weighted by molar-refractivity contribution is 6.32. The lowest BCUT2D eigenvalue weighted by molar-refractivity contribution is 0.0947. The summed E-state index contributed by atoms with van der Waals surface area (Å²) in [5.74, 6) is 0.0149. The quantitative estimate of drug-likeness (QED) is 0.726. The Morgan fingerprint density at radius 3 is 3.13 bits per heavy atom. The molecule has 15 heavy (non-hydrogen) atoms. The van der Waals surface area contributed by atoms with E-state index in [1.165, 1.54) is 0 Å². The molecule has 1 aromatic carbocycles. The Bertz CT molecular complexity index is 444. The van der Waals surface area contributed by atoms with Crippen molar-refractivity contribution < 1.29 is 4.79 Å². The van der Waals surface area contributed by atoms with Gasteiger partial charge in [-0.15, -0.1) is 0 Å². The van der Waals surface area contributed by atoms with Crippen LogP contribution in [0.5, 0.6) is 0 Å². The van der Waals surface area contributed by atoms with Crippen LogP contribution in [0.2, 0.25) is 5.02 Å². The molecule has 0 aromatic heterocycles. The summed E-state index contributed by atoms with van der Waals surface area (Å²) in [5.41, 5.74) is 2.95. The first kappa shape index (κ1) is 9.04. The van der Waals surface area contributed by atoms with Crippen LogP contribution in [0.1, 0.15) is 22.3 Å². The van der Waals surface area contributed by atoms with E-state index in [1.54, 1.807) is 0 Å². The van der Waals surface area contributed by atoms with E-state index in [-0.39, 0.29) is 5.91 Å². The van der Waals surface area contributed by atoms with E-state index < -0.39 is 0 Å². The summed E-state index contributed by atoms with van der Waals surface area (Å²) in [6.45, 7) is 1.61. The molecule has 1 aromatic rings. The Kier molecular flexibility index (Phi) is 1.89. The molecule has 2 heterocycles. The topological polar surface area (TPSA) is 32.3 Å². The number of carbonyl (C=O) groups is 1. The Morgan fingerprint density at radius 2 is 2.27 bits per heavy atom. The van der Waals surface area contributed by atoms with Crippen LogP contribution in [0.15, 0.2) is 12.1 Å². The summed E-state index contributed by atoms with van der Waals surface area (Å²) in [6.07, 6.45) is 2.08. The molecule has 3 rings (SSSR count). The Balaban J connectivity index is 2.27. The fraction of sp³-hybridized carbons (Fsp3) is 0.364. The Morgan fingerprint density at radius 1 is 1.40 bits per heavy atom. The van der Waals surface area contributed by atoms with Gasteiger partial charge in [0.25, 0.3) is 5.91 Å². The van der Waals surface area contributed by atoms with Gasteiger partial charge in [-0.25, -0.2) is 0 Å². The zero-order valence-corrected chi connectivity index (χ0v) is 8.97. The maximum atomic E-state index is 11.7. The molecule has 2 aliphatic rings. The second-order valence-corrected chi connectivity index (χ2v) is 4.36. The molecule has 0 unspecified atom stereocenters. The molecule has 2 aliphatic heterocycles. The highest BCUT2D eigenvalue weighted by Gasteiger charge is 2.28. The average molecular weight is 223 g/mol. The number of halogens is 1. The van der Waals surface area contributed by atoms with Gasteiger partial charge in [-0.05, 0) is 30.5 Å². The van der Waals surface area contributed by atoms with Crippen molar-refractivity contribution in [2.45, 2.75) is 12.8 Å². The van der Waals surface area contributed by atoms with Crippen molar-refractivity contribution in [2.75, 3.05) is 18.1 Å². The smallest absolute Gasteiger partial charge is 0.254 e. The second-order valence-electron chi connectivity index (χ2n) is 3.95. The lowest BCUT2D eigenvalue weighted by Crippen LogP contribution is -2.46. The van der Waals surface area contributed by atoms with Gasteiger partial charge in [0.2, 0.25) is 0 Å². The number of hydrogen-bond donors (Lipinski definition) is 1. The van der Waals surface area contributed by atoms with E-state index in [2.05, 4.69) is 10.2 Å². The fourth-order valence-corrected chi connectivity index (χ4v) is 2.62. The van der Waals surface area contributed by atoms with Gasteiger partial charge in [0.1, 0.15) is 0 Å². The molecule has 0 fully saturated rings. The van der Waals surface area contributed by atoms with E-state index in [0.29, 0.717) is 6.67 Å². The van der Waals surface area contributed by atoms with Crippen LogP contribution >= 0.6 is 11.6 Å². The van der Waals surface area contributed by atoms with Crippen molar-refractivity contribution >= 4 is 23.2 Å². The summed E-state index contributed by atoms with van der Waals surface area (Å²) >= 11 is 6.15. The van der Waals surface area contributed by atoms with Gasteiger partial charge in [-0.2, -0.15) is 0 Å². The fourth-order valence-electron chi connectivity index (χ4n) is 2.37. The first-order valence-corrected chi connectivity index (χ1v) is 5.49. The molecule has 78 valence electrons. The normalized spacial score (nSPS) is 18.5. The van der Waals surface area contributed by atoms with E-state index >= 15 is 0 Å². The third-order valence-electron chi connectivity index (χ3n) is 3.07. The van der Waals surface area contributed by atoms with E-state index in [1.807, 2.05) is 12.1 Å². The van der Waals surface area contributed by atoms with Gasteiger partial charge in [0.05, 0.1) is 17.9 Å². The minimum Gasteiger partial charge on any atom is -0.353 e. The molecule has 0 radical (unpaired) electrons. The number of hydrogen-bond acceptors (Lipinski definition) is 2.